The average molecular weight is 470 g/mol. The van der Waals surface area contributed by atoms with Gasteiger partial charge in [0, 0.05) is 11.3 Å². The summed E-state index contributed by atoms with van der Waals surface area (Å²) in [5.74, 6) is -0.988. The molecule has 0 saturated heterocycles. The van der Waals surface area contributed by atoms with E-state index in [0.29, 0.717) is 11.8 Å². The van der Waals surface area contributed by atoms with E-state index in [0.717, 1.165) is 31.4 Å². The Labute approximate surface area is 194 Å². The number of benzene rings is 2. The monoisotopic (exact) mass is 470 g/mol. The molecule has 6 nitrogen and oxygen atoms in total. The van der Waals surface area contributed by atoms with Crippen molar-refractivity contribution in [1.29, 1.82) is 5.26 Å². The van der Waals surface area contributed by atoms with Crippen LogP contribution in [0.2, 0.25) is 0 Å². The number of alkyl halides is 3. The van der Waals surface area contributed by atoms with E-state index >= 15 is 0 Å². The second kappa shape index (κ2) is 10.3. The largest absolute Gasteiger partial charge is 0.418 e. The van der Waals surface area contributed by atoms with E-state index in [2.05, 4.69) is 27.5 Å². The molecule has 34 heavy (non-hydrogen) atoms. The molecule has 3 aromatic rings. The van der Waals surface area contributed by atoms with Gasteiger partial charge in [-0.1, -0.05) is 25.5 Å². The molecule has 0 aliphatic carbocycles. The fourth-order valence-electron chi connectivity index (χ4n) is 3.27. The minimum Gasteiger partial charge on any atom is -0.382 e. The summed E-state index contributed by atoms with van der Waals surface area (Å²) in [4.78, 5) is 4.18. The number of hydrogen-bond donors (Lipinski definition) is 2. The molecule has 0 aliphatic rings. The molecule has 1 aromatic heterocycles. The predicted molar refractivity (Wildman–Crippen MR) is 122 cm³/mol. The average Bonchev–Trinajstić information content (AvgIpc) is 2.78. The molecule has 176 valence electrons. The highest BCUT2D eigenvalue weighted by molar-refractivity contribution is 5.75. The van der Waals surface area contributed by atoms with Crippen molar-refractivity contribution in [3.8, 4) is 6.07 Å². The van der Waals surface area contributed by atoms with Crippen LogP contribution in [-0.2, 0) is 12.6 Å². The maximum absolute atomic E-state index is 13.3. The Morgan fingerprint density at radius 3 is 2.44 bits per heavy atom. The Hall–Kier alpha value is -4.00. The van der Waals surface area contributed by atoms with Crippen LogP contribution in [0.25, 0.3) is 0 Å². The normalized spacial score (nSPS) is 11.6. The van der Waals surface area contributed by atoms with E-state index in [-0.39, 0.29) is 28.5 Å². The Morgan fingerprint density at radius 1 is 1.12 bits per heavy atom. The number of nitriles is 1. The molecule has 2 aromatic carbocycles. The predicted octanol–water partition coefficient (Wildman–Crippen LogP) is 7.50. The van der Waals surface area contributed by atoms with Crippen molar-refractivity contribution in [2.45, 2.75) is 39.3 Å². The fraction of sp³-hybridized carbons (Fsp3) is 0.250. The summed E-state index contributed by atoms with van der Waals surface area (Å²) in [7, 11) is 0. The number of rotatable bonds is 7. The molecule has 0 saturated carbocycles. The molecule has 1 heterocycles. The Bertz CT molecular complexity index is 1240. The molecule has 3 rings (SSSR count). The van der Waals surface area contributed by atoms with Gasteiger partial charge in [-0.3, -0.25) is 0 Å². The number of halogens is 4. The molecule has 10 heteroatoms. The van der Waals surface area contributed by atoms with Crippen molar-refractivity contribution in [3.63, 3.8) is 0 Å². The van der Waals surface area contributed by atoms with Gasteiger partial charge in [-0.25, -0.2) is 9.37 Å². The molecule has 0 radical (unpaired) electrons. The number of nitrogen functional groups attached to an aromatic ring is 1. The molecule has 0 spiro atoms. The number of azo groups is 1. The third kappa shape index (κ3) is 5.67. The zero-order valence-electron chi connectivity index (χ0n) is 18.5. The highest BCUT2D eigenvalue weighted by Gasteiger charge is 2.34. The minimum atomic E-state index is -4.83. The molecular formula is C24H22F4N6. The van der Waals surface area contributed by atoms with Crippen LogP contribution in [-0.4, -0.2) is 4.98 Å². The van der Waals surface area contributed by atoms with Gasteiger partial charge in [0.25, 0.3) is 0 Å². The number of hydrogen-bond acceptors (Lipinski definition) is 6. The molecule has 0 aliphatic heterocycles. The van der Waals surface area contributed by atoms with Crippen molar-refractivity contribution < 1.29 is 17.6 Å². The summed E-state index contributed by atoms with van der Waals surface area (Å²) in [6, 6.07) is 11.7. The van der Waals surface area contributed by atoms with Crippen LogP contribution in [0.15, 0.2) is 52.7 Å². The quantitative estimate of drug-likeness (QED) is 0.276. The third-order valence-electron chi connectivity index (χ3n) is 5.11. The number of unbranched alkanes of at least 4 members (excludes halogenated alkanes) is 1. The number of aryl methyl sites for hydroxylation is 1. The maximum atomic E-state index is 13.3. The van der Waals surface area contributed by atoms with Crippen molar-refractivity contribution in [3.05, 3.63) is 70.5 Å². The molecular weight excluding hydrogens is 448 g/mol. The molecule has 0 fully saturated rings. The first-order valence-corrected chi connectivity index (χ1v) is 10.5. The second-order valence-electron chi connectivity index (χ2n) is 7.59. The second-order valence-corrected chi connectivity index (χ2v) is 7.59. The highest BCUT2D eigenvalue weighted by Crippen LogP contribution is 2.39. The van der Waals surface area contributed by atoms with Gasteiger partial charge in [0.1, 0.15) is 17.6 Å². The van der Waals surface area contributed by atoms with Gasteiger partial charge >= 0.3 is 6.18 Å². The van der Waals surface area contributed by atoms with Crippen molar-refractivity contribution in [2.75, 3.05) is 11.1 Å². The van der Waals surface area contributed by atoms with Crippen molar-refractivity contribution in [2.24, 2.45) is 10.2 Å². The lowest BCUT2D eigenvalue weighted by Gasteiger charge is -2.13. The number of nitrogens with zero attached hydrogens (tertiary/aromatic N) is 4. The molecule has 0 unspecified atom stereocenters. The molecule has 0 bridgehead atoms. The Morgan fingerprint density at radius 2 is 1.82 bits per heavy atom. The van der Waals surface area contributed by atoms with Crippen LogP contribution in [0, 0.1) is 24.1 Å². The van der Waals surface area contributed by atoms with Gasteiger partial charge in [-0.15, -0.1) is 10.2 Å². The minimum absolute atomic E-state index is 0.0468. The van der Waals surface area contributed by atoms with E-state index in [4.69, 9.17) is 5.73 Å². The van der Waals surface area contributed by atoms with E-state index in [1.807, 2.05) is 30.3 Å². The number of aromatic nitrogens is 1. The van der Waals surface area contributed by atoms with Crippen LogP contribution >= 0.6 is 0 Å². The van der Waals surface area contributed by atoms with Crippen molar-refractivity contribution in [1.82, 2.24) is 4.98 Å². The number of nitrogens with one attached hydrogen (secondary N) is 1. The lowest BCUT2D eigenvalue weighted by atomic mass is 10.1. The van der Waals surface area contributed by atoms with Crippen LogP contribution in [0.4, 0.5) is 46.3 Å². The maximum Gasteiger partial charge on any atom is 0.418 e. The van der Waals surface area contributed by atoms with Crippen LogP contribution in [0.3, 0.4) is 0 Å². The first-order valence-electron chi connectivity index (χ1n) is 10.5. The highest BCUT2D eigenvalue weighted by atomic mass is 19.4. The summed E-state index contributed by atoms with van der Waals surface area (Å²) in [6.45, 7) is 3.66. The smallest absolute Gasteiger partial charge is 0.382 e. The molecule has 0 atom stereocenters. The van der Waals surface area contributed by atoms with Gasteiger partial charge < -0.3 is 11.1 Å². The van der Waals surface area contributed by atoms with E-state index in [1.54, 1.807) is 6.92 Å². The third-order valence-corrected chi connectivity index (χ3v) is 5.11. The van der Waals surface area contributed by atoms with Gasteiger partial charge in [0.05, 0.1) is 16.8 Å². The number of anilines is 3. The molecule has 0 amide bonds. The van der Waals surface area contributed by atoms with Gasteiger partial charge in [-0.2, -0.15) is 18.4 Å². The summed E-state index contributed by atoms with van der Waals surface area (Å²) in [5, 5.41) is 20.1. The Kier molecular flexibility index (Phi) is 7.46. The van der Waals surface area contributed by atoms with Crippen LogP contribution in [0.1, 0.15) is 42.0 Å². The zero-order chi connectivity index (χ0) is 24.9. The molecule has 3 N–H and O–H groups in total. The zero-order valence-corrected chi connectivity index (χ0v) is 18.5. The van der Waals surface area contributed by atoms with Gasteiger partial charge in [-0.05, 0) is 55.7 Å². The van der Waals surface area contributed by atoms with Crippen LogP contribution < -0.4 is 11.1 Å². The van der Waals surface area contributed by atoms with Gasteiger partial charge in [0.15, 0.2) is 11.6 Å². The van der Waals surface area contributed by atoms with Crippen LogP contribution in [0.5, 0.6) is 0 Å². The van der Waals surface area contributed by atoms with Gasteiger partial charge in [0.2, 0.25) is 0 Å². The summed E-state index contributed by atoms with van der Waals surface area (Å²) in [5.41, 5.74) is 6.37. The van der Waals surface area contributed by atoms with E-state index in [9.17, 15) is 22.8 Å². The summed E-state index contributed by atoms with van der Waals surface area (Å²) >= 11 is 0. The number of nitrogens with two attached hydrogens (primary N) is 1. The first-order chi connectivity index (χ1) is 16.1. The Balaban J connectivity index is 1.93. The summed E-state index contributed by atoms with van der Waals surface area (Å²) in [6.07, 6.45) is -1.68. The van der Waals surface area contributed by atoms with E-state index < -0.39 is 23.2 Å². The summed E-state index contributed by atoms with van der Waals surface area (Å²) < 4.78 is 53.0. The topological polar surface area (TPSA) is 99.4 Å². The SMILES string of the molecule is CCCCc1ccc(Nc2nc(N)c(N=Nc3ccc(F)cc3C(F)(F)F)c(C)c2C#N)cc1. The first kappa shape index (κ1) is 24.6. The van der Waals surface area contributed by atoms with E-state index in [1.165, 1.54) is 5.56 Å². The lowest BCUT2D eigenvalue weighted by Crippen LogP contribution is -2.05. The van der Waals surface area contributed by atoms with Crippen molar-refractivity contribution >= 4 is 28.7 Å². The number of pyridine rings is 1. The lowest BCUT2D eigenvalue weighted by molar-refractivity contribution is -0.137. The standard InChI is InChI=1S/C24H22F4N6/c1-3-4-5-15-6-9-17(10-7-15)31-23-18(13-29)14(2)21(22(30)32-23)34-33-20-11-8-16(25)12-19(20)24(26,27)28/h6-12H,3-5H2,1-2H3,(H3,30,31,32). The fourth-order valence-corrected chi connectivity index (χ4v) is 3.27.